The molecule has 1 rings (SSSR count). The largest absolute Gasteiger partial charge is 0.484 e. The summed E-state index contributed by atoms with van der Waals surface area (Å²) in [4.78, 5) is 22.0. The number of hydrogen-bond donors (Lipinski definition) is 2. The number of benzene rings is 1. The fourth-order valence-electron chi connectivity index (χ4n) is 1.53. The first-order valence-electron chi connectivity index (χ1n) is 6.31. The first-order valence-corrected chi connectivity index (χ1v) is 6.31. The molecule has 0 atom stereocenters. The van der Waals surface area contributed by atoms with Crippen molar-refractivity contribution in [3.05, 3.63) is 35.7 Å². The molecule has 21 heavy (non-hydrogen) atoms. The van der Waals surface area contributed by atoms with E-state index in [1.807, 2.05) is 20.8 Å². The Morgan fingerprint density at radius 1 is 1.33 bits per heavy atom. The number of nitrogens with one attached hydrogen (secondary N) is 1. The van der Waals surface area contributed by atoms with Crippen LogP contribution in [0.25, 0.3) is 6.08 Å². The van der Waals surface area contributed by atoms with Crippen molar-refractivity contribution in [1.82, 2.24) is 5.32 Å². The Bertz CT molecular complexity index is 561. The van der Waals surface area contributed by atoms with Crippen LogP contribution in [0.15, 0.2) is 24.3 Å². The number of carboxylic acids is 1. The van der Waals surface area contributed by atoms with E-state index in [-0.39, 0.29) is 23.8 Å². The highest BCUT2D eigenvalue weighted by Crippen LogP contribution is 2.17. The van der Waals surface area contributed by atoms with Gasteiger partial charge in [0.25, 0.3) is 5.91 Å². The van der Waals surface area contributed by atoms with E-state index < -0.39 is 11.8 Å². The number of hydrogen-bond acceptors (Lipinski definition) is 3. The fourth-order valence-corrected chi connectivity index (χ4v) is 1.53. The van der Waals surface area contributed by atoms with Gasteiger partial charge in [-0.25, -0.2) is 9.18 Å². The fraction of sp³-hybridized carbons (Fsp3) is 0.333. The van der Waals surface area contributed by atoms with Gasteiger partial charge in [-0.1, -0.05) is 0 Å². The van der Waals surface area contributed by atoms with Gasteiger partial charge in [0.05, 0.1) is 0 Å². The van der Waals surface area contributed by atoms with Crippen LogP contribution in [0.3, 0.4) is 0 Å². The van der Waals surface area contributed by atoms with E-state index >= 15 is 0 Å². The summed E-state index contributed by atoms with van der Waals surface area (Å²) in [5, 5.41) is 11.2. The van der Waals surface area contributed by atoms with E-state index in [1.165, 1.54) is 18.2 Å². The number of carbonyl (C=O) groups excluding carboxylic acids is 1. The van der Waals surface area contributed by atoms with Gasteiger partial charge in [0, 0.05) is 17.7 Å². The van der Waals surface area contributed by atoms with Crippen molar-refractivity contribution < 1.29 is 23.8 Å². The van der Waals surface area contributed by atoms with Crippen molar-refractivity contribution in [2.24, 2.45) is 0 Å². The third-order valence-corrected chi connectivity index (χ3v) is 2.20. The molecule has 0 aliphatic heterocycles. The van der Waals surface area contributed by atoms with Gasteiger partial charge in [-0.05, 0) is 44.5 Å². The number of halogens is 1. The van der Waals surface area contributed by atoms with Crippen LogP contribution >= 0.6 is 0 Å². The molecule has 1 aromatic rings. The molecule has 0 saturated heterocycles. The van der Waals surface area contributed by atoms with Crippen LogP contribution in [-0.2, 0) is 9.59 Å². The topological polar surface area (TPSA) is 75.6 Å². The molecule has 2 N–H and O–H groups in total. The Morgan fingerprint density at radius 3 is 2.57 bits per heavy atom. The van der Waals surface area contributed by atoms with Gasteiger partial charge in [0.1, 0.15) is 11.6 Å². The number of aliphatic carboxylic acids is 1. The van der Waals surface area contributed by atoms with Crippen molar-refractivity contribution in [3.8, 4) is 5.75 Å². The van der Waals surface area contributed by atoms with Gasteiger partial charge < -0.3 is 15.2 Å². The lowest BCUT2D eigenvalue weighted by atomic mass is 10.1. The highest BCUT2D eigenvalue weighted by atomic mass is 19.1. The van der Waals surface area contributed by atoms with Crippen LogP contribution in [0.1, 0.15) is 26.3 Å². The van der Waals surface area contributed by atoms with Crippen molar-refractivity contribution in [3.63, 3.8) is 0 Å². The van der Waals surface area contributed by atoms with Crippen LogP contribution in [0.4, 0.5) is 4.39 Å². The Morgan fingerprint density at radius 2 is 2.00 bits per heavy atom. The summed E-state index contributed by atoms with van der Waals surface area (Å²) in [6.45, 7) is 5.26. The summed E-state index contributed by atoms with van der Waals surface area (Å²) < 4.78 is 18.6. The predicted molar refractivity (Wildman–Crippen MR) is 76.5 cm³/mol. The molecule has 0 aliphatic rings. The Labute approximate surface area is 122 Å². The van der Waals surface area contributed by atoms with E-state index in [4.69, 9.17) is 9.84 Å². The van der Waals surface area contributed by atoms with Gasteiger partial charge in [-0.2, -0.15) is 0 Å². The highest BCUT2D eigenvalue weighted by molar-refractivity contribution is 5.85. The molecule has 0 fully saturated rings. The second-order valence-corrected chi connectivity index (χ2v) is 5.48. The standard InChI is InChI=1S/C15H18FNO4/c1-15(2,3)17-13(18)9-21-12-7-10(4-5-14(19)20)6-11(16)8-12/h4-8H,9H2,1-3H3,(H,17,18)(H,19,20)/b5-4+. The summed E-state index contributed by atoms with van der Waals surface area (Å²) >= 11 is 0. The molecule has 0 aliphatic carbocycles. The van der Waals surface area contributed by atoms with Crippen LogP contribution in [0.2, 0.25) is 0 Å². The normalized spacial score (nSPS) is 11.4. The van der Waals surface area contributed by atoms with Crippen molar-refractivity contribution >= 4 is 18.0 Å². The molecule has 0 heterocycles. The van der Waals surface area contributed by atoms with Crippen LogP contribution in [0, 0.1) is 5.82 Å². The maximum atomic E-state index is 13.4. The molecule has 0 bridgehead atoms. The van der Waals surface area contributed by atoms with Crippen molar-refractivity contribution in [1.29, 1.82) is 0 Å². The SMILES string of the molecule is CC(C)(C)NC(=O)COc1cc(F)cc(/C=C/C(=O)O)c1. The summed E-state index contributed by atoms with van der Waals surface area (Å²) in [6, 6.07) is 3.75. The molecule has 0 aromatic heterocycles. The zero-order valence-electron chi connectivity index (χ0n) is 12.1. The van der Waals surface area contributed by atoms with Gasteiger partial charge in [0.15, 0.2) is 6.61 Å². The van der Waals surface area contributed by atoms with E-state index in [0.717, 1.165) is 12.1 Å². The lowest BCUT2D eigenvalue weighted by Crippen LogP contribution is -2.43. The quantitative estimate of drug-likeness (QED) is 0.817. The maximum Gasteiger partial charge on any atom is 0.328 e. The highest BCUT2D eigenvalue weighted by Gasteiger charge is 2.14. The molecule has 0 unspecified atom stereocenters. The summed E-state index contributed by atoms with van der Waals surface area (Å²) in [7, 11) is 0. The second kappa shape index (κ2) is 6.88. The van der Waals surface area contributed by atoms with Crippen molar-refractivity contribution in [2.45, 2.75) is 26.3 Å². The molecular formula is C15H18FNO4. The smallest absolute Gasteiger partial charge is 0.328 e. The van der Waals surface area contributed by atoms with E-state index in [2.05, 4.69) is 5.32 Å². The minimum absolute atomic E-state index is 0.157. The minimum Gasteiger partial charge on any atom is -0.484 e. The molecule has 0 saturated carbocycles. The van der Waals surface area contributed by atoms with E-state index in [1.54, 1.807) is 0 Å². The number of rotatable bonds is 5. The van der Waals surface area contributed by atoms with Gasteiger partial charge >= 0.3 is 5.97 Å². The Balaban J connectivity index is 2.71. The first kappa shape index (κ1) is 16.7. The number of carboxylic acid groups (broad SMARTS) is 1. The Kier molecular flexibility index (Phi) is 5.46. The summed E-state index contributed by atoms with van der Waals surface area (Å²) in [5.41, 5.74) is -0.0405. The summed E-state index contributed by atoms with van der Waals surface area (Å²) in [5.74, 6) is -1.88. The zero-order chi connectivity index (χ0) is 16.0. The lowest BCUT2D eigenvalue weighted by molar-refractivity contribution is -0.131. The number of carbonyl (C=O) groups is 2. The third-order valence-electron chi connectivity index (χ3n) is 2.20. The molecular weight excluding hydrogens is 277 g/mol. The van der Waals surface area contributed by atoms with Gasteiger partial charge in [-0.15, -0.1) is 0 Å². The Hall–Kier alpha value is -2.37. The number of ether oxygens (including phenoxy) is 1. The molecule has 0 spiro atoms. The molecule has 114 valence electrons. The van der Waals surface area contributed by atoms with Crippen molar-refractivity contribution in [2.75, 3.05) is 6.61 Å². The first-order chi connectivity index (χ1) is 9.65. The zero-order valence-corrected chi connectivity index (χ0v) is 12.1. The molecule has 0 radical (unpaired) electrons. The lowest BCUT2D eigenvalue weighted by Gasteiger charge is -2.20. The minimum atomic E-state index is -1.13. The van der Waals surface area contributed by atoms with E-state index in [9.17, 15) is 14.0 Å². The predicted octanol–water partition coefficient (Wildman–Crippen LogP) is 2.22. The van der Waals surface area contributed by atoms with Gasteiger partial charge in [-0.3, -0.25) is 4.79 Å². The van der Waals surface area contributed by atoms with Crippen LogP contribution in [0.5, 0.6) is 5.75 Å². The molecule has 5 nitrogen and oxygen atoms in total. The summed E-state index contributed by atoms with van der Waals surface area (Å²) in [6.07, 6.45) is 2.14. The monoisotopic (exact) mass is 295 g/mol. The molecule has 6 heteroatoms. The van der Waals surface area contributed by atoms with Crippen LogP contribution in [-0.4, -0.2) is 29.1 Å². The molecule has 1 aromatic carbocycles. The van der Waals surface area contributed by atoms with Crippen LogP contribution < -0.4 is 10.1 Å². The maximum absolute atomic E-state index is 13.4. The van der Waals surface area contributed by atoms with E-state index in [0.29, 0.717) is 5.56 Å². The van der Waals surface area contributed by atoms with Gasteiger partial charge in [0.2, 0.25) is 0 Å². The molecule has 1 amide bonds. The average molecular weight is 295 g/mol. The average Bonchev–Trinajstić information content (AvgIpc) is 2.31. The number of amides is 1. The third kappa shape index (κ3) is 7.10. The second-order valence-electron chi connectivity index (χ2n) is 5.48.